The molecule has 1 aliphatic heterocycles. The van der Waals surface area contributed by atoms with Gasteiger partial charge in [-0.3, -0.25) is 14.6 Å². The van der Waals surface area contributed by atoms with Crippen LogP contribution in [0.5, 0.6) is 0 Å². The third kappa shape index (κ3) is 5.48. The number of aryl methyl sites for hydroxylation is 1. The van der Waals surface area contributed by atoms with Gasteiger partial charge in [-0.05, 0) is 24.1 Å². The van der Waals surface area contributed by atoms with E-state index < -0.39 is 28.6 Å². The molecular formula is C16H23N3O6S. The maximum Gasteiger partial charge on any atom is 0.318 e. The largest absolute Gasteiger partial charge is 0.480 e. The first-order chi connectivity index (χ1) is 12.2. The molecule has 0 spiro atoms. The lowest BCUT2D eigenvalue weighted by atomic mass is 10.1. The molecule has 0 bridgehead atoms. The zero-order valence-electron chi connectivity index (χ0n) is 14.8. The smallest absolute Gasteiger partial charge is 0.318 e. The lowest BCUT2D eigenvalue weighted by Gasteiger charge is -2.34. The number of pyridine rings is 1. The van der Waals surface area contributed by atoms with Crippen LogP contribution < -0.4 is 0 Å². The molecule has 2 heterocycles. The molecule has 1 unspecified atom stereocenters. The molecular weight excluding hydrogens is 362 g/mol. The van der Waals surface area contributed by atoms with Crippen LogP contribution in [0, 0.1) is 0 Å². The number of amides is 1. The van der Waals surface area contributed by atoms with E-state index in [9.17, 15) is 18.0 Å². The zero-order chi connectivity index (χ0) is 19.3. The molecule has 0 saturated carbocycles. The fourth-order valence-electron chi connectivity index (χ4n) is 2.68. The van der Waals surface area contributed by atoms with Crippen LogP contribution in [-0.4, -0.2) is 84.7 Å². The van der Waals surface area contributed by atoms with Crippen molar-refractivity contribution in [1.82, 2.24) is 14.2 Å². The number of carboxylic acid groups (broad SMARTS) is 1. The van der Waals surface area contributed by atoms with E-state index in [0.29, 0.717) is 12.2 Å². The number of rotatable bonds is 7. The van der Waals surface area contributed by atoms with Gasteiger partial charge in [0.05, 0.1) is 19.0 Å². The summed E-state index contributed by atoms with van der Waals surface area (Å²) < 4.78 is 29.9. The van der Waals surface area contributed by atoms with E-state index in [-0.39, 0.29) is 25.6 Å². The molecule has 2 rings (SSSR count). The highest BCUT2D eigenvalue weighted by molar-refractivity contribution is 7.88. The molecule has 1 aliphatic rings. The van der Waals surface area contributed by atoms with Crippen molar-refractivity contribution in [2.45, 2.75) is 19.4 Å². The fourth-order valence-corrected chi connectivity index (χ4v) is 3.46. The SMILES string of the molecule is CCc1ccnc(C(=O)N2CCOC(CN(CC(=O)O)S(C)(=O)=O)C2)c1. The third-order valence-corrected chi connectivity index (χ3v) is 5.28. The van der Waals surface area contributed by atoms with Gasteiger partial charge in [-0.25, -0.2) is 8.42 Å². The Morgan fingerprint density at radius 2 is 2.19 bits per heavy atom. The third-order valence-electron chi connectivity index (χ3n) is 4.07. The van der Waals surface area contributed by atoms with Gasteiger partial charge in [-0.2, -0.15) is 4.31 Å². The van der Waals surface area contributed by atoms with Crippen LogP contribution in [0.25, 0.3) is 0 Å². The molecule has 1 fully saturated rings. The average Bonchev–Trinajstić information content (AvgIpc) is 2.59. The Morgan fingerprint density at radius 3 is 2.81 bits per heavy atom. The van der Waals surface area contributed by atoms with Gasteiger partial charge < -0.3 is 14.7 Å². The Balaban J connectivity index is 2.07. The quantitative estimate of drug-likeness (QED) is 0.692. The number of carboxylic acids is 1. The molecule has 0 aromatic carbocycles. The lowest BCUT2D eigenvalue weighted by Crippen LogP contribution is -2.51. The molecule has 1 amide bonds. The minimum Gasteiger partial charge on any atom is -0.480 e. The van der Waals surface area contributed by atoms with Crippen molar-refractivity contribution in [3.05, 3.63) is 29.6 Å². The molecule has 1 aromatic heterocycles. The van der Waals surface area contributed by atoms with Crippen molar-refractivity contribution >= 4 is 21.9 Å². The van der Waals surface area contributed by atoms with Gasteiger partial charge >= 0.3 is 5.97 Å². The summed E-state index contributed by atoms with van der Waals surface area (Å²) in [6.45, 7) is 1.99. The Morgan fingerprint density at radius 1 is 1.46 bits per heavy atom. The summed E-state index contributed by atoms with van der Waals surface area (Å²) >= 11 is 0. The van der Waals surface area contributed by atoms with Crippen LogP contribution in [0.4, 0.5) is 0 Å². The number of ether oxygens (including phenoxy) is 1. The van der Waals surface area contributed by atoms with Crippen LogP contribution in [0.1, 0.15) is 23.0 Å². The van der Waals surface area contributed by atoms with Crippen LogP contribution in [-0.2, 0) is 26.0 Å². The number of aromatic nitrogens is 1. The van der Waals surface area contributed by atoms with E-state index >= 15 is 0 Å². The van der Waals surface area contributed by atoms with Gasteiger partial charge in [0.25, 0.3) is 5.91 Å². The summed E-state index contributed by atoms with van der Waals surface area (Å²) in [5.41, 5.74) is 1.33. The van der Waals surface area contributed by atoms with E-state index in [1.807, 2.05) is 13.0 Å². The van der Waals surface area contributed by atoms with E-state index in [1.54, 1.807) is 17.2 Å². The molecule has 10 heteroatoms. The maximum atomic E-state index is 12.7. The Hall–Kier alpha value is -2.04. The second kappa shape index (κ2) is 8.56. The Labute approximate surface area is 152 Å². The van der Waals surface area contributed by atoms with Crippen LogP contribution in [0.15, 0.2) is 18.3 Å². The molecule has 1 saturated heterocycles. The normalized spacial score (nSPS) is 18.1. The average molecular weight is 385 g/mol. The van der Waals surface area contributed by atoms with Gasteiger partial charge in [0, 0.05) is 25.8 Å². The number of carbonyl (C=O) groups excluding carboxylic acids is 1. The summed E-state index contributed by atoms with van der Waals surface area (Å²) in [6, 6.07) is 3.58. The number of carbonyl (C=O) groups is 2. The maximum absolute atomic E-state index is 12.7. The highest BCUT2D eigenvalue weighted by Gasteiger charge is 2.30. The van der Waals surface area contributed by atoms with Crippen molar-refractivity contribution < 1.29 is 27.9 Å². The predicted octanol–water partition coefficient (Wildman–Crippen LogP) is -0.169. The predicted molar refractivity (Wildman–Crippen MR) is 93.3 cm³/mol. The van der Waals surface area contributed by atoms with Crippen molar-refractivity contribution in [1.29, 1.82) is 0 Å². The molecule has 1 atom stereocenters. The first-order valence-corrected chi connectivity index (χ1v) is 10.1. The molecule has 0 aliphatic carbocycles. The second-order valence-corrected chi connectivity index (χ2v) is 8.08. The monoisotopic (exact) mass is 385 g/mol. The first-order valence-electron chi connectivity index (χ1n) is 8.23. The molecule has 144 valence electrons. The number of hydrogen-bond acceptors (Lipinski definition) is 6. The van der Waals surface area contributed by atoms with Crippen molar-refractivity contribution in [3.63, 3.8) is 0 Å². The lowest BCUT2D eigenvalue weighted by molar-refractivity contribution is -0.137. The van der Waals surface area contributed by atoms with Crippen LogP contribution in [0.2, 0.25) is 0 Å². The van der Waals surface area contributed by atoms with Gasteiger partial charge in [0.1, 0.15) is 12.2 Å². The van der Waals surface area contributed by atoms with Gasteiger partial charge in [0.15, 0.2) is 0 Å². The van der Waals surface area contributed by atoms with E-state index in [1.165, 1.54) is 0 Å². The van der Waals surface area contributed by atoms with E-state index in [0.717, 1.165) is 22.5 Å². The number of morpholine rings is 1. The number of aliphatic carboxylic acids is 1. The van der Waals surface area contributed by atoms with E-state index in [4.69, 9.17) is 9.84 Å². The summed E-state index contributed by atoms with van der Waals surface area (Å²) in [7, 11) is -3.70. The van der Waals surface area contributed by atoms with Gasteiger partial charge in [-0.1, -0.05) is 6.92 Å². The first kappa shape index (κ1) is 20.3. The molecule has 0 radical (unpaired) electrons. The zero-order valence-corrected chi connectivity index (χ0v) is 15.6. The summed E-state index contributed by atoms with van der Waals surface area (Å²) in [4.78, 5) is 29.2. The standard InChI is InChI=1S/C16H23N3O6S/c1-3-12-4-5-17-14(8-12)16(22)18-6-7-25-13(9-18)10-19(11-15(20)21)26(2,23)24/h4-5,8,13H,3,6-7,9-11H2,1-2H3,(H,20,21). The number of sulfonamides is 1. The van der Waals surface area contributed by atoms with Crippen molar-refractivity contribution in [2.24, 2.45) is 0 Å². The minimum atomic E-state index is -3.70. The highest BCUT2D eigenvalue weighted by atomic mass is 32.2. The summed E-state index contributed by atoms with van der Waals surface area (Å²) in [5, 5.41) is 8.90. The van der Waals surface area contributed by atoms with E-state index in [2.05, 4.69) is 4.98 Å². The second-order valence-electron chi connectivity index (χ2n) is 6.10. The summed E-state index contributed by atoms with van der Waals surface area (Å²) in [6.07, 6.45) is 2.72. The van der Waals surface area contributed by atoms with Crippen molar-refractivity contribution in [3.8, 4) is 0 Å². The van der Waals surface area contributed by atoms with Crippen LogP contribution >= 0.6 is 0 Å². The fraction of sp³-hybridized carbons (Fsp3) is 0.562. The van der Waals surface area contributed by atoms with Gasteiger partial charge in [-0.15, -0.1) is 0 Å². The van der Waals surface area contributed by atoms with Gasteiger partial charge in [0.2, 0.25) is 10.0 Å². The highest BCUT2D eigenvalue weighted by Crippen LogP contribution is 2.13. The summed E-state index contributed by atoms with van der Waals surface area (Å²) in [5.74, 6) is -1.50. The molecule has 1 aromatic rings. The molecule has 9 nitrogen and oxygen atoms in total. The molecule has 1 N–H and O–H groups in total. The number of nitrogens with zero attached hydrogens (tertiary/aromatic N) is 3. The topological polar surface area (TPSA) is 117 Å². The Kier molecular flexibility index (Phi) is 6.68. The number of hydrogen-bond donors (Lipinski definition) is 1. The van der Waals surface area contributed by atoms with Crippen LogP contribution in [0.3, 0.4) is 0 Å². The Bertz CT molecular complexity index is 767. The minimum absolute atomic E-state index is 0.128. The van der Waals surface area contributed by atoms with Crippen molar-refractivity contribution in [2.75, 3.05) is 39.0 Å². The molecule has 26 heavy (non-hydrogen) atoms.